The fourth-order valence-corrected chi connectivity index (χ4v) is 0.875. The summed E-state index contributed by atoms with van der Waals surface area (Å²) < 4.78 is 0. The molecule has 0 aromatic carbocycles. The number of carbonyl (C=O) groups excluding carboxylic acids is 1. The van der Waals surface area contributed by atoms with Gasteiger partial charge in [0.2, 0.25) is 5.91 Å². The van der Waals surface area contributed by atoms with Crippen LogP contribution >= 0.6 is 0 Å². The van der Waals surface area contributed by atoms with Crippen LogP contribution < -0.4 is 5.73 Å². The van der Waals surface area contributed by atoms with Gasteiger partial charge in [-0.2, -0.15) is 0 Å². The van der Waals surface area contributed by atoms with Crippen molar-refractivity contribution in [3.05, 3.63) is 0 Å². The van der Waals surface area contributed by atoms with Gasteiger partial charge in [-0.05, 0) is 5.41 Å². The van der Waals surface area contributed by atoms with Crippen LogP contribution in [0.4, 0.5) is 0 Å². The summed E-state index contributed by atoms with van der Waals surface area (Å²) in [6.07, 6.45) is 5.46. The first-order chi connectivity index (χ1) is 6.29. The Labute approximate surface area is 86.6 Å². The fourth-order valence-electron chi connectivity index (χ4n) is 0.875. The number of nitrogens with two attached hydrogens (primary N) is 1. The lowest BCUT2D eigenvalue weighted by Crippen LogP contribution is -2.40. The zero-order valence-electron chi connectivity index (χ0n) is 9.50. The van der Waals surface area contributed by atoms with Gasteiger partial charge in [-0.3, -0.25) is 4.79 Å². The maximum atomic E-state index is 11.5. The third kappa shape index (κ3) is 4.29. The number of carbonyl (C=O) groups is 1. The molecular weight excluding hydrogens is 176 g/mol. The first-order valence-electron chi connectivity index (χ1n) is 4.72. The topological polar surface area (TPSA) is 46.3 Å². The molecule has 0 radical (unpaired) electrons. The largest absolute Gasteiger partial charge is 0.335 e. The number of nitrogens with zero attached hydrogens (tertiary/aromatic N) is 1. The van der Waals surface area contributed by atoms with E-state index >= 15 is 0 Å². The van der Waals surface area contributed by atoms with Crippen molar-refractivity contribution in [1.29, 1.82) is 0 Å². The molecule has 3 heteroatoms. The number of rotatable bonds is 3. The summed E-state index contributed by atoms with van der Waals surface area (Å²) in [4.78, 5) is 13.1. The molecule has 0 saturated heterocycles. The molecule has 0 spiro atoms. The standard InChI is InChI=1S/C11H20N2O/c1-6-7-13(5)10(14)8-9(12)11(2,3)4/h1,9H,7-8,12H2,2-5H3. The Bertz CT molecular complexity index is 235. The summed E-state index contributed by atoms with van der Waals surface area (Å²) in [5.41, 5.74) is 5.84. The van der Waals surface area contributed by atoms with Crippen LogP contribution in [0.25, 0.3) is 0 Å². The molecule has 0 bridgehead atoms. The van der Waals surface area contributed by atoms with Crippen molar-refractivity contribution >= 4 is 5.91 Å². The third-order valence-electron chi connectivity index (χ3n) is 2.26. The van der Waals surface area contributed by atoms with Gasteiger partial charge in [0, 0.05) is 19.5 Å². The molecule has 0 aliphatic heterocycles. The van der Waals surface area contributed by atoms with Crippen LogP contribution in [0.2, 0.25) is 0 Å². The van der Waals surface area contributed by atoms with E-state index in [0.29, 0.717) is 13.0 Å². The Balaban J connectivity index is 4.14. The lowest BCUT2D eigenvalue weighted by molar-refractivity contribution is -0.130. The van der Waals surface area contributed by atoms with Crippen LogP contribution in [0.1, 0.15) is 27.2 Å². The minimum Gasteiger partial charge on any atom is -0.335 e. The fraction of sp³-hybridized carbons (Fsp3) is 0.727. The van der Waals surface area contributed by atoms with Gasteiger partial charge in [0.05, 0.1) is 6.54 Å². The van der Waals surface area contributed by atoms with Gasteiger partial charge in [-0.25, -0.2) is 0 Å². The molecule has 0 aromatic rings. The molecule has 3 nitrogen and oxygen atoms in total. The van der Waals surface area contributed by atoms with Gasteiger partial charge in [0.25, 0.3) is 0 Å². The molecule has 0 saturated carbocycles. The van der Waals surface area contributed by atoms with Gasteiger partial charge in [-0.15, -0.1) is 6.42 Å². The molecule has 1 unspecified atom stereocenters. The second kappa shape index (κ2) is 5.02. The molecule has 0 aromatic heterocycles. The highest BCUT2D eigenvalue weighted by atomic mass is 16.2. The monoisotopic (exact) mass is 196 g/mol. The van der Waals surface area contributed by atoms with Gasteiger partial charge in [-0.1, -0.05) is 26.7 Å². The molecular formula is C11H20N2O. The number of terminal acetylenes is 1. The minimum absolute atomic E-state index is 0.00498. The summed E-state index contributed by atoms with van der Waals surface area (Å²) in [5, 5.41) is 0. The Kier molecular flexibility index (Phi) is 4.65. The third-order valence-corrected chi connectivity index (χ3v) is 2.26. The lowest BCUT2D eigenvalue weighted by atomic mass is 9.85. The maximum Gasteiger partial charge on any atom is 0.224 e. The van der Waals surface area contributed by atoms with Crippen molar-refractivity contribution in [2.45, 2.75) is 33.2 Å². The van der Waals surface area contributed by atoms with Crippen LogP contribution in [0.5, 0.6) is 0 Å². The number of hydrogen-bond acceptors (Lipinski definition) is 2. The normalized spacial score (nSPS) is 13.1. The predicted molar refractivity (Wildman–Crippen MR) is 58.5 cm³/mol. The molecule has 0 heterocycles. The maximum absolute atomic E-state index is 11.5. The van der Waals surface area contributed by atoms with E-state index in [1.807, 2.05) is 20.8 Å². The highest BCUT2D eigenvalue weighted by Crippen LogP contribution is 2.20. The Hall–Kier alpha value is -1.01. The second-order valence-corrected chi connectivity index (χ2v) is 4.63. The van der Waals surface area contributed by atoms with Crippen molar-refractivity contribution in [2.75, 3.05) is 13.6 Å². The lowest BCUT2D eigenvalue weighted by Gasteiger charge is -2.27. The minimum atomic E-state index is -0.129. The highest BCUT2D eigenvalue weighted by molar-refractivity contribution is 5.76. The van der Waals surface area contributed by atoms with E-state index in [9.17, 15) is 4.79 Å². The zero-order chi connectivity index (χ0) is 11.4. The smallest absolute Gasteiger partial charge is 0.224 e. The molecule has 2 N–H and O–H groups in total. The average molecular weight is 196 g/mol. The zero-order valence-corrected chi connectivity index (χ0v) is 9.50. The van der Waals surface area contributed by atoms with E-state index in [0.717, 1.165) is 0 Å². The summed E-state index contributed by atoms with van der Waals surface area (Å²) in [6.45, 7) is 6.40. The Morgan fingerprint density at radius 1 is 1.57 bits per heavy atom. The van der Waals surface area contributed by atoms with Crippen molar-refractivity contribution in [3.8, 4) is 12.3 Å². The molecule has 0 rings (SSSR count). The van der Waals surface area contributed by atoms with Gasteiger partial charge in [0.1, 0.15) is 0 Å². The molecule has 80 valence electrons. The predicted octanol–water partition coefficient (Wildman–Crippen LogP) is 0.841. The summed E-state index contributed by atoms with van der Waals surface area (Å²) in [6, 6.07) is -0.129. The molecule has 0 fully saturated rings. The molecule has 1 atom stereocenters. The van der Waals surface area contributed by atoms with E-state index in [1.165, 1.54) is 4.90 Å². The van der Waals surface area contributed by atoms with Crippen LogP contribution in [-0.2, 0) is 4.79 Å². The summed E-state index contributed by atoms with van der Waals surface area (Å²) in [5.74, 6) is 2.43. The van der Waals surface area contributed by atoms with Crippen LogP contribution in [0.15, 0.2) is 0 Å². The molecule has 1 amide bonds. The molecule has 14 heavy (non-hydrogen) atoms. The summed E-state index contributed by atoms with van der Waals surface area (Å²) in [7, 11) is 1.69. The number of hydrogen-bond donors (Lipinski definition) is 1. The highest BCUT2D eigenvalue weighted by Gasteiger charge is 2.24. The first kappa shape index (κ1) is 13.0. The van der Waals surface area contributed by atoms with Crippen LogP contribution in [0.3, 0.4) is 0 Å². The number of amides is 1. The van der Waals surface area contributed by atoms with Crippen LogP contribution in [-0.4, -0.2) is 30.4 Å². The van der Waals surface area contributed by atoms with Crippen molar-refractivity contribution in [1.82, 2.24) is 4.90 Å². The van der Waals surface area contributed by atoms with E-state index in [-0.39, 0.29) is 17.4 Å². The Morgan fingerprint density at radius 2 is 2.07 bits per heavy atom. The van der Waals surface area contributed by atoms with E-state index in [4.69, 9.17) is 12.2 Å². The SMILES string of the molecule is C#CCN(C)C(=O)CC(N)C(C)(C)C. The van der Waals surface area contributed by atoms with Gasteiger partial charge < -0.3 is 10.6 Å². The van der Waals surface area contributed by atoms with E-state index in [2.05, 4.69) is 5.92 Å². The van der Waals surface area contributed by atoms with Gasteiger partial charge >= 0.3 is 0 Å². The first-order valence-corrected chi connectivity index (χ1v) is 4.72. The van der Waals surface area contributed by atoms with Crippen molar-refractivity contribution in [3.63, 3.8) is 0 Å². The van der Waals surface area contributed by atoms with Crippen molar-refractivity contribution in [2.24, 2.45) is 11.1 Å². The molecule has 0 aliphatic rings. The van der Waals surface area contributed by atoms with Crippen LogP contribution in [0, 0.1) is 17.8 Å². The quantitative estimate of drug-likeness (QED) is 0.680. The average Bonchev–Trinajstić information content (AvgIpc) is 2.02. The molecule has 0 aliphatic carbocycles. The van der Waals surface area contributed by atoms with E-state index < -0.39 is 0 Å². The van der Waals surface area contributed by atoms with Gasteiger partial charge in [0.15, 0.2) is 0 Å². The van der Waals surface area contributed by atoms with E-state index in [1.54, 1.807) is 7.05 Å². The second-order valence-electron chi connectivity index (χ2n) is 4.63. The van der Waals surface area contributed by atoms with Crippen molar-refractivity contribution < 1.29 is 4.79 Å². The summed E-state index contributed by atoms with van der Waals surface area (Å²) >= 11 is 0. The Morgan fingerprint density at radius 3 is 2.43 bits per heavy atom.